The molecule has 2 amide bonds. The summed E-state index contributed by atoms with van der Waals surface area (Å²) in [6, 6.07) is 1.38. The van der Waals surface area contributed by atoms with Crippen molar-refractivity contribution in [3.05, 3.63) is 30.6 Å². The summed E-state index contributed by atoms with van der Waals surface area (Å²) in [4.78, 5) is 26.7. The lowest BCUT2D eigenvalue weighted by atomic mass is 9.66. The molecule has 7 nitrogen and oxygen atoms in total. The van der Waals surface area contributed by atoms with E-state index < -0.39 is 6.10 Å². The van der Waals surface area contributed by atoms with Gasteiger partial charge in [-0.15, -0.1) is 6.58 Å². The quantitative estimate of drug-likeness (QED) is 0.756. The number of piperidine rings is 1. The van der Waals surface area contributed by atoms with E-state index in [9.17, 15) is 14.7 Å². The molecule has 3 rings (SSSR count). The Labute approximate surface area is 166 Å². The molecular formula is C21H32N4O3. The van der Waals surface area contributed by atoms with Gasteiger partial charge in [0.25, 0.3) is 5.91 Å². The van der Waals surface area contributed by atoms with Crippen LogP contribution in [0, 0.1) is 5.41 Å². The Morgan fingerprint density at radius 2 is 2.14 bits per heavy atom. The summed E-state index contributed by atoms with van der Waals surface area (Å²) in [6.07, 6.45) is 6.99. The van der Waals surface area contributed by atoms with Crippen LogP contribution in [0.3, 0.4) is 0 Å². The van der Waals surface area contributed by atoms with Gasteiger partial charge in [0, 0.05) is 25.7 Å². The third-order valence-electron chi connectivity index (χ3n) is 6.01. The van der Waals surface area contributed by atoms with Gasteiger partial charge in [0.2, 0.25) is 5.91 Å². The van der Waals surface area contributed by atoms with Gasteiger partial charge < -0.3 is 15.3 Å². The van der Waals surface area contributed by atoms with Crippen LogP contribution in [-0.2, 0) is 10.3 Å². The van der Waals surface area contributed by atoms with Gasteiger partial charge in [0.15, 0.2) is 0 Å². The number of hydrogen-bond acceptors (Lipinski definition) is 4. The van der Waals surface area contributed by atoms with Crippen LogP contribution in [-0.4, -0.2) is 56.8 Å². The van der Waals surface area contributed by atoms with E-state index in [0.717, 1.165) is 19.3 Å². The number of aliphatic hydroxyl groups is 1. The summed E-state index contributed by atoms with van der Waals surface area (Å²) in [6.45, 7) is 10.6. The monoisotopic (exact) mass is 388 g/mol. The lowest BCUT2D eigenvalue weighted by molar-refractivity contribution is -0.126. The minimum absolute atomic E-state index is 0.0488. The molecule has 2 fully saturated rings. The van der Waals surface area contributed by atoms with Crippen molar-refractivity contribution in [2.24, 2.45) is 5.41 Å². The Kier molecular flexibility index (Phi) is 5.66. The lowest BCUT2D eigenvalue weighted by Crippen LogP contribution is -2.55. The van der Waals surface area contributed by atoms with Crippen molar-refractivity contribution in [3.8, 4) is 0 Å². The van der Waals surface area contributed by atoms with E-state index in [0.29, 0.717) is 25.1 Å². The largest absolute Gasteiger partial charge is 0.389 e. The molecule has 1 aliphatic carbocycles. The third-order valence-corrected chi connectivity index (χ3v) is 6.01. The number of β-amino-alcohol motifs (C(OH)–C–C–N with tert-alkyl or cyclic N) is 1. The van der Waals surface area contributed by atoms with E-state index in [2.05, 4.69) is 17.0 Å². The molecule has 7 heteroatoms. The van der Waals surface area contributed by atoms with Gasteiger partial charge >= 0.3 is 0 Å². The molecule has 2 heterocycles. The zero-order valence-corrected chi connectivity index (χ0v) is 17.1. The average molecular weight is 389 g/mol. The molecule has 0 spiro atoms. The van der Waals surface area contributed by atoms with Gasteiger partial charge in [0.05, 0.1) is 17.7 Å². The molecule has 28 heavy (non-hydrogen) atoms. The van der Waals surface area contributed by atoms with Crippen molar-refractivity contribution >= 4 is 11.8 Å². The number of hydrogen-bond donors (Lipinski definition) is 2. The summed E-state index contributed by atoms with van der Waals surface area (Å²) in [7, 11) is 0. The van der Waals surface area contributed by atoms with Gasteiger partial charge in [-0.3, -0.25) is 14.3 Å². The van der Waals surface area contributed by atoms with Crippen LogP contribution < -0.4 is 5.32 Å². The first-order valence-electron chi connectivity index (χ1n) is 10.1. The first-order chi connectivity index (χ1) is 13.1. The van der Waals surface area contributed by atoms with Crippen LogP contribution in [0.2, 0.25) is 0 Å². The standard InChI is InChI=1S/C21H32N4O3/c1-5-21(9-6-10-21)13-18(27)22-15-7-11-24(14-17(15)26)19(28)16-8-12-25(23-16)20(2,3)4/h5,8,12,15,17,26H,1,6-7,9-11,13-14H2,2-4H3,(H,22,27). The topological polar surface area (TPSA) is 87.5 Å². The van der Waals surface area contributed by atoms with E-state index in [4.69, 9.17) is 0 Å². The molecule has 0 bridgehead atoms. The third kappa shape index (κ3) is 4.29. The summed E-state index contributed by atoms with van der Waals surface area (Å²) in [5.41, 5.74) is 0.110. The number of rotatable bonds is 5. The van der Waals surface area contributed by atoms with E-state index in [-0.39, 0.29) is 35.4 Å². The molecule has 154 valence electrons. The van der Waals surface area contributed by atoms with Crippen molar-refractivity contribution < 1.29 is 14.7 Å². The number of amides is 2. The van der Waals surface area contributed by atoms with E-state index >= 15 is 0 Å². The highest BCUT2D eigenvalue weighted by molar-refractivity contribution is 5.92. The lowest BCUT2D eigenvalue weighted by Gasteiger charge is -2.40. The second kappa shape index (κ2) is 7.70. The van der Waals surface area contributed by atoms with Gasteiger partial charge in [-0.1, -0.05) is 12.5 Å². The zero-order valence-electron chi connectivity index (χ0n) is 17.1. The molecule has 2 unspecified atom stereocenters. The maximum absolute atomic E-state index is 12.7. The molecule has 2 atom stereocenters. The molecule has 1 aromatic rings. The van der Waals surface area contributed by atoms with Crippen molar-refractivity contribution in [2.75, 3.05) is 13.1 Å². The summed E-state index contributed by atoms with van der Waals surface area (Å²) in [5, 5.41) is 17.8. The molecule has 1 aliphatic heterocycles. The number of likely N-dealkylation sites (tertiary alicyclic amines) is 1. The molecule has 2 N–H and O–H groups in total. The Morgan fingerprint density at radius 3 is 2.64 bits per heavy atom. The Balaban J connectivity index is 1.54. The number of aromatic nitrogens is 2. The van der Waals surface area contributed by atoms with E-state index in [1.807, 2.05) is 26.8 Å². The first kappa shape index (κ1) is 20.6. The SMILES string of the molecule is C=CC1(CC(=O)NC2CCN(C(=O)c3ccn(C(C)(C)C)n3)CC2O)CCC1. The van der Waals surface area contributed by atoms with Crippen molar-refractivity contribution in [1.82, 2.24) is 20.0 Å². The number of nitrogens with one attached hydrogen (secondary N) is 1. The highest BCUT2D eigenvalue weighted by Crippen LogP contribution is 2.44. The Morgan fingerprint density at radius 1 is 1.43 bits per heavy atom. The maximum Gasteiger partial charge on any atom is 0.274 e. The highest BCUT2D eigenvalue weighted by atomic mass is 16.3. The zero-order chi connectivity index (χ0) is 20.5. The average Bonchev–Trinajstić information content (AvgIpc) is 3.10. The van der Waals surface area contributed by atoms with Gasteiger partial charge in [-0.25, -0.2) is 0 Å². The Hall–Kier alpha value is -2.15. The summed E-state index contributed by atoms with van der Waals surface area (Å²) in [5.74, 6) is -0.237. The minimum Gasteiger partial charge on any atom is -0.389 e. The number of carbonyl (C=O) groups excluding carboxylic acids is 2. The molecule has 1 saturated carbocycles. The Bertz CT molecular complexity index is 745. The maximum atomic E-state index is 12.7. The predicted molar refractivity (Wildman–Crippen MR) is 107 cm³/mol. The first-order valence-corrected chi connectivity index (χ1v) is 10.1. The summed E-state index contributed by atoms with van der Waals surface area (Å²) >= 11 is 0. The van der Waals surface area contributed by atoms with Crippen molar-refractivity contribution in [2.45, 2.75) is 70.6 Å². The molecule has 1 saturated heterocycles. The minimum atomic E-state index is -0.785. The number of aliphatic hydroxyl groups excluding tert-OH is 1. The van der Waals surface area contributed by atoms with Crippen molar-refractivity contribution in [1.29, 1.82) is 0 Å². The number of nitrogens with zero attached hydrogens (tertiary/aromatic N) is 3. The molecular weight excluding hydrogens is 356 g/mol. The van der Waals surface area contributed by atoms with Gasteiger partial charge in [-0.2, -0.15) is 5.10 Å². The van der Waals surface area contributed by atoms with Crippen LogP contribution >= 0.6 is 0 Å². The van der Waals surface area contributed by atoms with E-state index in [1.54, 1.807) is 21.8 Å². The predicted octanol–water partition coefficient (Wildman–Crippen LogP) is 2.08. The van der Waals surface area contributed by atoms with Crippen LogP contribution in [0.25, 0.3) is 0 Å². The van der Waals surface area contributed by atoms with Crippen LogP contribution in [0.15, 0.2) is 24.9 Å². The summed E-state index contributed by atoms with van der Waals surface area (Å²) < 4.78 is 1.76. The fourth-order valence-electron chi connectivity index (χ4n) is 3.92. The second-order valence-electron chi connectivity index (χ2n) is 9.19. The molecule has 2 aliphatic rings. The smallest absolute Gasteiger partial charge is 0.274 e. The van der Waals surface area contributed by atoms with Gasteiger partial charge in [0.1, 0.15) is 5.69 Å². The second-order valence-corrected chi connectivity index (χ2v) is 9.19. The van der Waals surface area contributed by atoms with E-state index in [1.165, 1.54) is 0 Å². The van der Waals surface area contributed by atoms with Crippen LogP contribution in [0.5, 0.6) is 0 Å². The fourth-order valence-corrected chi connectivity index (χ4v) is 3.92. The van der Waals surface area contributed by atoms with Crippen LogP contribution in [0.1, 0.15) is 63.4 Å². The van der Waals surface area contributed by atoms with Gasteiger partial charge in [-0.05, 0) is 51.5 Å². The normalized spacial score (nSPS) is 24.4. The van der Waals surface area contributed by atoms with Crippen LogP contribution in [0.4, 0.5) is 0 Å². The molecule has 1 aromatic heterocycles. The van der Waals surface area contributed by atoms with Crippen molar-refractivity contribution in [3.63, 3.8) is 0 Å². The molecule has 0 radical (unpaired) electrons. The molecule has 0 aromatic carbocycles. The highest BCUT2D eigenvalue weighted by Gasteiger charge is 2.38. The number of carbonyl (C=O) groups is 2. The number of allylic oxidation sites excluding steroid dienone is 1. The fraction of sp³-hybridized carbons (Fsp3) is 0.667.